The second-order valence-electron chi connectivity index (χ2n) is 8.09. The lowest BCUT2D eigenvalue weighted by Crippen LogP contribution is -2.19. The van der Waals surface area contributed by atoms with Crippen LogP contribution in [0.15, 0.2) is 77.1 Å². The van der Waals surface area contributed by atoms with Gasteiger partial charge in [0.1, 0.15) is 11.5 Å². The zero-order valence-corrected chi connectivity index (χ0v) is 22.6. The van der Waals surface area contributed by atoms with Crippen LogP contribution in [0, 0.1) is 11.3 Å². The van der Waals surface area contributed by atoms with Gasteiger partial charge in [0.05, 0.1) is 40.7 Å². The third kappa shape index (κ3) is 6.93. The Labute approximate surface area is 241 Å². The van der Waals surface area contributed by atoms with Crippen LogP contribution in [0.1, 0.15) is 22.4 Å². The predicted molar refractivity (Wildman–Crippen MR) is 147 cm³/mol. The normalized spacial score (nSPS) is 11.7. The quantitative estimate of drug-likeness (QED) is 0.115. The number of alkyl halides is 3. The minimum atomic E-state index is -4.80. The Kier molecular flexibility index (Phi) is 9.00. The summed E-state index contributed by atoms with van der Waals surface area (Å²) in [4.78, 5) is 0. The van der Waals surface area contributed by atoms with Crippen LogP contribution in [-0.4, -0.2) is 29.0 Å². The molecular formula is C27H17Cl3F3N5O2. The van der Waals surface area contributed by atoms with Gasteiger partial charge < -0.3 is 9.47 Å². The maximum absolute atomic E-state index is 14.1. The molecule has 1 heterocycles. The molecule has 7 nitrogen and oxygen atoms in total. The highest BCUT2D eigenvalue weighted by molar-refractivity contribution is 6.32. The summed E-state index contributed by atoms with van der Waals surface area (Å²) in [6, 6.07) is 17.2. The summed E-state index contributed by atoms with van der Waals surface area (Å²) < 4.78 is 54.6. The molecule has 4 aromatic rings. The van der Waals surface area contributed by atoms with Gasteiger partial charge in [-0.2, -0.15) is 28.6 Å². The first kappa shape index (κ1) is 29.0. The molecule has 1 aromatic heterocycles. The largest absolute Gasteiger partial charge is 0.476 e. The highest BCUT2D eigenvalue weighted by Gasteiger charge is 2.40. The molecule has 4 rings (SSSR count). The van der Waals surface area contributed by atoms with Gasteiger partial charge >= 0.3 is 6.18 Å². The van der Waals surface area contributed by atoms with Gasteiger partial charge in [-0.3, -0.25) is 0 Å². The number of rotatable bonds is 8. The lowest BCUT2D eigenvalue weighted by Gasteiger charge is -2.14. The Morgan fingerprint density at radius 2 is 1.77 bits per heavy atom. The van der Waals surface area contributed by atoms with E-state index in [1.807, 2.05) is 6.07 Å². The Hall–Kier alpha value is -4.04. The van der Waals surface area contributed by atoms with Crippen LogP contribution in [0.2, 0.25) is 15.1 Å². The molecule has 0 amide bonds. The van der Waals surface area contributed by atoms with E-state index in [0.717, 1.165) is 10.9 Å². The van der Waals surface area contributed by atoms with E-state index in [2.05, 4.69) is 22.0 Å². The molecule has 0 atom stereocenters. The fourth-order valence-electron chi connectivity index (χ4n) is 3.64. The SMILES string of the molecule is C=N/N=C(\OCCc1ccc(Cl)c(Oc2cc(Cl)cc(C#N)c2)c1)c1cnn(-c2ccc(Cl)cc2)c1C(F)(F)F. The maximum Gasteiger partial charge on any atom is 0.434 e. The molecule has 40 heavy (non-hydrogen) atoms. The van der Waals surface area contributed by atoms with E-state index in [-0.39, 0.29) is 24.5 Å². The standard InChI is InChI=1S/C27H17Cl3F3N5O2/c1-35-37-26(22-15-36-38(25(22)27(31,32)33)20-5-3-18(28)4-6-20)39-9-8-16-2-7-23(30)24(12-16)40-21-11-17(14-34)10-19(29)13-21/h2-7,10-13,15H,1,8-9H2/b37-26-. The number of nitriles is 1. The molecule has 0 saturated heterocycles. The molecule has 0 aliphatic heterocycles. The van der Waals surface area contributed by atoms with Crippen LogP contribution >= 0.6 is 34.8 Å². The van der Waals surface area contributed by atoms with Crippen molar-refractivity contribution in [3.8, 4) is 23.3 Å². The van der Waals surface area contributed by atoms with E-state index in [0.29, 0.717) is 31.9 Å². The van der Waals surface area contributed by atoms with E-state index in [1.165, 1.54) is 42.5 Å². The Bertz CT molecular complexity index is 1610. The summed E-state index contributed by atoms with van der Waals surface area (Å²) in [5.74, 6) is 0.190. The van der Waals surface area contributed by atoms with E-state index in [9.17, 15) is 13.2 Å². The first-order chi connectivity index (χ1) is 19.1. The predicted octanol–water partition coefficient (Wildman–Crippen LogP) is 8.14. The van der Waals surface area contributed by atoms with Crippen molar-refractivity contribution in [2.45, 2.75) is 12.6 Å². The van der Waals surface area contributed by atoms with E-state index in [1.54, 1.807) is 18.2 Å². The van der Waals surface area contributed by atoms with Gasteiger partial charge in [0.15, 0.2) is 5.69 Å². The maximum atomic E-state index is 14.1. The van der Waals surface area contributed by atoms with Crippen LogP contribution in [0.3, 0.4) is 0 Å². The molecule has 0 unspecified atom stereocenters. The monoisotopic (exact) mass is 605 g/mol. The van der Waals surface area contributed by atoms with Gasteiger partial charge in [0.25, 0.3) is 0 Å². The Morgan fingerprint density at radius 1 is 1.02 bits per heavy atom. The number of aromatic nitrogens is 2. The van der Waals surface area contributed by atoms with Crippen molar-refractivity contribution in [3.63, 3.8) is 0 Å². The first-order valence-electron chi connectivity index (χ1n) is 11.3. The summed E-state index contributed by atoms with van der Waals surface area (Å²) in [6.45, 7) is 3.16. The zero-order valence-electron chi connectivity index (χ0n) is 20.3. The number of hydrogen-bond acceptors (Lipinski definition) is 6. The number of hydrogen-bond donors (Lipinski definition) is 0. The number of nitrogens with zero attached hydrogens (tertiary/aromatic N) is 5. The molecule has 13 heteroatoms. The fourth-order valence-corrected chi connectivity index (χ4v) is 4.15. The van der Waals surface area contributed by atoms with Gasteiger partial charge in [-0.15, -0.1) is 5.10 Å². The van der Waals surface area contributed by atoms with Gasteiger partial charge in [-0.05, 0) is 60.2 Å². The van der Waals surface area contributed by atoms with Crippen molar-refractivity contribution in [1.29, 1.82) is 5.26 Å². The van der Waals surface area contributed by atoms with Gasteiger partial charge in [0, 0.05) is 23.2 Å². The van der Waals surface area contributed by atoms with Crippen LogP contribution in [-0.2, 0) is 17.3 Å². The van der Waals surface area contributed by atoms with Gasteiger partial charge in [-0.25, -0.2) is 4.68 Å². The van der Waals surface area contributed by atoms with E-state index >= 15 is 0 Å². The summed E-state index contributed by atoms with van der Waals surface area (Å²) in [5, 5.41) is 21.1. The average molecular weight is 607 g/mol. The highest BCUT2D eigenvalue weighted by atomic mass is 35.5. The van der Waals surface area contributed by atoms with Crippen LogP contribution in [0.5, 0.6) is 11.5 Å². The zero-order chi connectivity index (χ0) is 28.9. The summed E-state index contributed by atoms with van der Waals surface area (Å²) in [6.07, 6.45) is -3.56. The molecule has 0 bridgehead atoms. The van der Waals surface area contributed by atoms with Crippen molar-refractivity contribution in [3.05, 3.63) is 104 Å². The van der Waals surface area contributed by atoms with Crippen LogP contribution < -0.4 is 4.74 Å². The van der Waals surface area contributed by atoms with Crippen molar-refractivity contribution >= 4 is 47.4 Å². The summed E-state index contributed by atoms with van der Waals surface area (Å²) in [7, 11) is 0. The topological polar surface area (TPSA) is 84.8 Å². The average Bonchev–Trinajstić information content (AvgIpc) is 3.36. The fraction of sp³-hybridized carbons (Fsp3) is 0.111. The molecule has 0 spiro atoms. The minimum absolute atomic E-state index is 0.0748. The third-order valence-electron chi connectivity index (χ3n) is 5.35. The number of benzene rings is 3. The lowest BCUT2D eigenvalue weighted by atomic mass is 10.1. The summed E-state index contributed by atoms with van der Waals surface area (Å²) in [5.41, 5.74) is -0.366. The molecular weight excluding hydrogens is 590 g/mol. The molecule has 0 N–H and O–H groups in total. The van der Waals surface area contributed by atoms with Crippen molar-refractivity contribution < 1.29 is 22.6 Å². The van der Waals surface area contributed by atoms with E-state index < -0.39 is 23.3 Å². The van der Waals surface area contributed by atoms with Crippen molar-refractivity contribution in [1.82, 2.24) is 9.78 Å². The minimum Gasteiger partial charge on any atom is -0.476 e. The van der Waals surface area contributed by atoms with Crippen molar-refractivity contribution in [2.24, 2.45) is 10.2 Å². The number of halogens is 6. The van der Waals surface area contributed by atoms with Crippen molar-refractivity contribution in [2.75, 3.05) is 6.61 Å². The molecule has 0 aliphatic carbocycles. The molecule has 0 aliphatic rings. The Balaban J connectivity index is 1.54. The molecule has 204 valence electrons. The van der Waals surface area contributed by atoms with Crippen LogP contribution in [0.25, 0.3) is 5.69 Å². The molecule has 0 radical (unpaired) electrons. The van der Waals surface area contributed by atoms with Gasteiger partial charge in [0.2, 0.25) is 5.90 Å². The second kappa shape index (κ2) is 12.4. The third-order valence-corrected chi connectivity index (χ3v) is 6.14. The number of ether oxygens (including phenoxy) is 2. The van der Waals surface area contributed by atoms with Gasteiger partial charge in [-0.1, -0.05) is 40.9 Å². The smallest absolute Gasteiger partial charge is 0.434 e. The summed E-state index contributed by atoms with van der Waals surface area (Å²) >= 11 is 18.2. The van der Waals surface area contributed by atoms with E-state index in [4.69, 9.17) is 49.5 Å². The Morgan fingerprint density at radius 3 is 2.45 bits per heavy atom. The molecule has 0 fully saturated rings. The van der Waals surface area contributed by atoms with Crippen LogP contribution in [0.4, 0.5) is 13.2 Å². The molecule has 0 saturated carbocycles. The molecule has 3 aromatic carbocycles. The second-order valence-corrected chi connectivity index (χ2v) is 9.37. The highest BCUT2D eigenvalue weighted by Crippen LogP contribution is 2.35. The first-order valence-corrected chi connectivity index (χ1v) is 12.5. The lowest BCUT2D eigenvalue weighted by molar-refractivity contribution is -0.143.